The van der Waals surface area contributed by atoms with E-state index in [1.807, 2.05) is 20.0 Å². The van der Waals surface area contributed by atoms with Gasteiger partial charge < -0.3 is 5.32 Å². The molecule has 1 N–H and O–H groups in total. The van der Waals surface area contributed by atoms with Crippen LogP contribution in [0.25, 0.3) is 0 Å². The van der Waals surface area contributed by atoms with Crippen molar-refractivity contribution < 1.29 is 0 Å². The van der Waals surface area contributed by atoms with Crippen molar-refractivity contribution in [3.05, 3.63) is 17.6 Å². The fraction of sp³-hybridized carbons (Fsp3) is 0.692. The molecule has 1 aliphatic rings. The summed E-state index contributed by atoms with van der Waals surface area (Å²) in [5.41, 5.74) is 1.99. The summed E-state index contributed by atoms with van der Waals surface area (Å²) in [5, 5.41) is 3.73. The number of rotatable bonds is 3. The number of aryl methyl sites for hydroxylation is 2. The van der Waals surface area contributed by atoms with E-state index in [9.17, 15) is 0 Å². The minimum atomic E-state index is 0.362. The van der Waals surface area contributed by atoms with E-state index in [1.54, 1.807) is 0 Å². The number of halogens is 1. The molecular weight excluding hydrogens is 234 g/mol. The summed E-state index contributed by atoms with van der Waals surface area (Å²) in [6, 6.07) is 0. The molecule has 2 rings (SSSR count). The largest absolute Gasteiger partial charge is 0.369 e. The first kappa shape index (κ1) is 12.6. The van der Waals surface area contributed by atoms with Crippen molar-refractivity contribution in [3.8, 4) is 0 Å². The van der Waals surface area contributed by atoms with E-state index in [4.69, 9.17) is 11.6 Å². The Morgan fingerprint density at radius 3 is 2.88 bits per heavy atom. The summed E-state index contributed by atoms with van der Waals surface area (Å²) in [4.78, 5) is 8.78. The smallest absolute Gasteiger partial charge is 0.144 e. The van der Waals surface area contributed by atoms with Crippen LogP contribution in [0.3, 0.4) is 0 Å². The molecule has 0 aliphatic heterocycles. The number of anilines is 1. The maximum absolute atomic E-state index is 6.18. The maximum Gasteiger partial charge on any atom is 0.144 e. The van der Waals surface area contributed by atoms with Crippen LogP contribution in [0.2, 0.25) is 0 Å². The standard InChI is InChI=1S/C13H20ClN3/c1-9-10(2)17-13(8-15-9)16-7-11-4-3-5-12(14)6-11/h8,11-12H,3-7H2,1-2H3,(H,16,17). The fourth-order valence-corrected chi connectivity index (χ4v) is 2.69. The molecule has 1 aromatic rings. The molecule has 2 unspecified atom stereocenters. The molecule has 1 fully saturated rings. The van der Waals surface area contributed by atoms with Gasteiger partial charge in [-0.3, -0.25) is 4.98 Å². The lowest BCUT2D eigenvalue weighted by Crippen LogP contribution is -2.22. The number of nitrogens with zero attached hydrogens (tertiary/aromatic N) is 2. The molecule has 4 heteroatoms. The van der Waals surface area contributed by atoms with Gasteiger partial charge in [-0.1, -0.05) is 6.42 Å². The van der Waals surface area contributed by atoms with Crippen LogP contribution in [0.5, 0.6) is 0 Å². The summed E-state index contributed by atoms with van der Waals surface area (Å²) >= 11 is 6.18. The van der Waals surface area contributed by atoms with E-state index in [2.05, 4.69) is 15.3 Å². The Hall–Kier alpha value is -0.830. The highest BCUT2D eigenvalue weighted by molar-refractivity contribution is 6.20. The van der Waals surface area contributed by atoms with E-state index < -0.39 is 0 Å². The predicted octanol–water partition coefficient (Wildman–Crippen LogP) is 3.30. The van der Waals surface area contributed by atoms with E-state index in [0.717, 1.165) is 30.2 Å². The second-order valence-electron chi connectivity index (χ2n) is 4.94. The zero-order chi connectivity index (χ0) is 12.3. The number of aromatic nitrogens is 2. The lowest BCUT2D eigenvalue weighted by molar-refractivity contribution is 0.378. The normalized spacial score (nSPS) is 24.6. The van der Waals surface area contributed by atoms with Crippen molar-refractivity contribution in [1.82, 2.24) is 9.97 Å². The first-order chi connectivity index (χ1) is 8.15. The quantitative estimate of drug-likeness (QED) is 0.840. The highest BCUT2D eigenvalue weighted by Gasteiger charge is 2.19. The Bertz CT molecular complexity index is 381. The first-order valence-corrected chi connectivity index (χ1v) is 6.77. The van der Waals surface area contributed by atoms with Crippen LogP contribution in [0.1, 0.15) is 37.1 Å². The van der Waals surface area contributed by atoms with Gasteiger partial charge in [-0.15, -0.1) is 11.6 Å². The molecule has 17 heavy (non-hydrogen) atoms. The summed E-state index contributed by atoms with van der Waals surface area (Å²) in [6.45, 7) is 4.93. The van der Waals surface area contributed by atoms with Crippen LogP contribution in [0, 0.1) is 19.8 Å². The van der Waals surface area contributed by atoms with Crippen LogP contribution < -0.4 is 5.32 Å². The van der Waals surface area contributed by atoms with Gasteiger partial charge in [0.2, 0.25) is 0 Å². The zero-order valence-electron chi connectivity index (χ0n) is 10.5. The maximum atomic E-state index is 6.18. The van der Waals surface area contributed by atoms with E-state index in [0.29, 0.717) is 11.3 Å². The minimum Gasteiger partial charge on any atom is -0.369 e. The van der Waals surface area contributed by atoms with Gasteiger partial charge in [0.1, 0.15) is 5.82 Å². The van der Waals surface area contributed by atoms with Crippen LogP contribution in [0.15, 0.2) is 6.20 Å². The SMILES string of the molecule is Cc1ncc(NCC2CCCC(Cl)C2)nc1C. The summed E-state index contributed by atoms with van der Waals surface area (Å²) in [7, 11) is 0. The monoisotopic (exact) mass is 253 g/mol. The predicted molar refractivity (Wildman–Crippen MR) is 71.6 cm³/mol. The summed E-state index contributed by atoms with van der Waals surface area (Å²) in [5.74, 6) is 1.56. The molecule has 1 aliphatic carbocycles. The Balaban J connectivity index is 1.86. The topological polar surface area (TPSA) is 37.8 Å². The zero-order valence-corrected chi connectivity index (χ0v) is 11.3. The van der Waals surface area contributed by atoms with Gasteiger partial charge in [-0.2, -0.15) is 0 Å². The van der Waals surface area contributed by atoms with E-state index in [-0.39, 0.29) is 0 Å². The second-order valence-corrected chi connectivity index (χ2v) is 5.55. The van der Waals surface area contributed by atoms with Gasteiger partial charge in [-0.25, -0.2) is 4.98 Å². The first-order valence-electron chi connectivity index (χ1n) is 6.33. The third-order valence-corrected chi connectivity index (χ3v) is 3.88. The molecule has 0 spiro atoms. The molecule has 3 nitrogen and oxygen atoms in total. The molecule has 1 heterocycles. The lowest BCUT2D eigenvalue weighted by Gasteiger charge is -2.25. The molecule has 94 valence electrons. The number of hydrogen-bond acceptors (Lipinski definition) is 3. The second kappa shape index (κ2) is 5.67. The van der Waals surface area contributed by atoms with Crippen LogP contribution in [0.4, 0.5) is 5.82 Å². The van der Waals surface area contributed by atoms with Crippen molar-refractivity contribution in [2.24, 2.45) is 5.92 Å². The summed E-state index contributed by atoms with van der Waals surface area (Å²) < 4.78 is 0. The van der Waals surface area contributed by atoms with E-state index >= 15 is 0 Å². The van der Waals surface area contributed by atoms with Gasteiger partial charge in [0.15, 0.2) is 0 Å². The third kappa shape index (κ3) is 3.56. The molecule has 0 amide bonds. The van der Waals surface area contributed by atoms with Gasteiger partial charge in [0, 0.05) is 11.9 Å². The van der Waals surface area contributed by atoms with Crippen LogP contribution in [-0.4, -0.2) is 21.9 Å². The highest BCUT2D eigenvalue weighted by Crippen LogP contribution is 2.27. The molecular formula is C13H20ClN3. The summed E-state index contributed by atoms with van der Waals surface area (Å²) in [6.07, 6.45) is 6.62. The Morgan fingerprint density at radius 1 is 1.35 bits per heavy atom. The molecule has 1 saturated carbocycles. The fourth-order valence-electron chi connectivity index (χ4n) is 2.29. The molecule has 1 aromatic heterocycles. The van der Waals surface area contributed by atoms with Crippen molar-refractivity contribution in [3.63, 3.8) is 0 Å². The van der Waals surface area contributed by atoms with Gasteiger partial charge >= 0.3 is 0 Å². The average molecular weight is 254 g/mol. The Labute approximate surface area is 108 Å². The van der Waals surface area contributed by atoms with E-state index in [1.165, 1.54) is 19.3 Å². The van der Waals surface area contributed by atoms with Gasteiger partial charge in [-0.05, 0) is 39.0 Å². The Morgan fingerprint density at radius 2 is 2.18 bits per heavy atom. The molecule has 0 aromatic carbocycles. The third-order valence-electron chi connectivity index (χ3n) is 3.48. The van der Waals surface area contributed by atoms with Crippen molar-refractivity contribution in [1.29, 1.82) is 0 Å². The van der Waals surface area contributed by atoms with Crippen LogP contribution in [-0.2, 0) is 0 Å². The number of alkyl halides is 1. The molecule has 2 atom stereocenters. The highest BCUT2D eigenvalue weighted by atomic mass is 35.5. The lowest BCUT2D eigenvalue weighted by atomic mass is 9.89. The van der Waals surface area contributed by atoms with Crippen molar-refractivity contribution in [2.45, 2.75) is 44.9 Å². The average Bonchev–Trinajstić information content (AvgIpc) is 2.31. The molecule has 0 radical (unpaired) electrons. The molecule has 0 saturated heterocycles. The molecule has 0 bridgehead atoms. The number of nitrogens with one attached hydrogen (secondary N) is 1. The van der Waals surface area contributed by atoms with Crippen molar-refractivity contribution in [2.75, 3.05) is 11.9 Å². The van der Waals surface area contributed by atoms with Crippen molar-refractivity contribution >= 4 is 17.4 Å². The van der Waals surface area contributed by atoms with Gasteiger partial charge in [0.25, 0.3) is 0 Å². The van der Waals surface area contributed by atoms with Crippen LogP contribution >= 0.6 is 11.6 Å². The minimum absolute atomic E-state index is 0.362. The Kier molecular flexibility index (Phi) is 4.21. The number of hydrogen-bond donors (Lipinski definition) is 1. The van der Waals surface area contributed by atoms with Gasteiger partial charge in [0.05, 0.1) is 17.6 Å².